The maximum atomic E-state index is 12.6. The first kappa shape index (κ1) is 12.1. The molecule has 1 aromatic rings. The number of rotatable bonds is 2. The molecule has 0 aliphatic heterocycles. The average molecular weight is 257 g/mol. The summed E-state index contributed by atoms with van der Waals surface area (Å²) in [6.45, 7) is 1.44. The van der Waals surface area contributed by atoms with Gasteiger partial charge >= 0.3 is 0 Å². The summed E-state index contributed by atoms with van der Waals surface area (Å²) in [5.41, 5.74) is 4.46. The number of hydrogen-bond acceptors (Lipinski definition) is 4. The normalized spacial score (nSPS) is 12.1. The summed E-state index contributed by atoms with van der Waals surface area (Å²) in [4.78, 5) is 3.35. The molecule has 0 saturated heterocycles. The average Bonchev–Trinajstić information content (AvgIpc) is 2.06. The lowest BCUT2D eigenvalue weighted by Gasteiger charge is -2.10. The van der Waals surface area contributed by atoms with Crippen LogP contribution in [0.2, 0.25) is 0 Å². The molecule has 4 nitrogen and oxygen atoms in total. The third kappa shape index (κ3) is 2.35. The molecular weight excluding hydrogens is 250 g/mol. The van der Waals surface area contributed by atoms with E-state index in [0.29, 0.717) is 0 Å². The zero-order valence-electron chi connectivity index (χ0n) is 7.54. The Balaban J connectivity index is 3.62. The number of alkyl halides is 2. The Morgan fingerprint density at radius 3 is 2.47 bits per heavy atom. The molecule has 2 N–H and O–H groups in total. The number of pyridine rings is 1. The van der Waals surface area contributed by atoms with Crippen molar-refractivity contribution in [3.05, 3.63) is 17.3 Å². The lowest BCUT2D eigenvalue weighted by atomic mass is 10.2. The zero-order valence-corrected chi connectivity index (χ0v) is 9.11. The molecule has 0 spiro atoms. The second-order valence-corrected chi connectivity index (χ2v) is 5.29. The summed E-state index contributed by atoms with van der Waals surface area (Å²) in [6.07, 6.45) is -1.96. The summed E-state index contributed by atoms with van der Waals surface area (Å²) in [5.74, 6) is 0. The summed E-state index contributed by atoms with van der Waals surface area (Å²) in [7, 11) is 0.636. The maximum Gasteiger partial charge on any atom is 0.279 e. The second-order valence-electron chi connectivity index (χ2n) is 2.81. The number of hydrogen-bond donors (Lipinski definition) is 1. The maximum absolute atomic E-state index is 12.6. The standard InChI is InChI=1S/C7H7ClF2N2O2S/c1-3-2-12-7(15(8,13)14)4(5(3)11)6(9)10/h2,6H,1H3,(H2,11,12). The lowest BCUT2D eigenvalue weighted by molar-refractivity contribution is 0.148. The molecule has 0 fully saturated rings. The van der Waals surface area contributed by atoms with E-state index in [1.165, 1.54) is 6.92 Å². The zero-order chi connectivity index (χ0) is 11.8. The Kier molecular flexibility index (Phi) is 3.15. The number of halogens is 3. The fourth-order valence-electron chi connectivity index (χ4n) is 1.03. The summed E-state index contributed by atoms with van der Waals surface area (Å²) < 4.78 is 47.0. The molecule has 0 bridgehead atoms. The molecule has 0 amide bonds. The number of aryl methyl sites for hydroxylation is 1. The van der Waals surface area contributed by atoms with E-state index in [1.807, 2.05) is 0 Å². The van der Waals surface area contributed by atoms with Gasteiger partial charge in [-0.2, -0.15) is 0 Å². The van der Waals surface area contributed by atoms with E-state index < -0.39 is 26.1 Å². The van der Waals surface area contributed by atoms with Gasteiger partial charge in [0.1, 0.15) is 0 Å². The highest BCUT2D eigenvalue weighted by atomic mass is 35.7. The molecule has 0 aliphatic carbocycles. The number of aromatic nitrogens is 1. The van der Waals surface area contributed by atoms with Crippen LogP contribution in [-0.2, 0) is 9.05 Å². The molecule has 0 radical (unpaired) electrons. The Bertz CT molecular complexity index is 490. The van der Waals surface area contributed by atoms with Crippen molar-refractivity contribution in [3.63, 3.8) is 0 Å². The highest BCUT2D eigenvalue weighted by Gasteiger charge is 2.26. The summed E-state index contributed by atoms with van der Waals surface area (Å²) >= 11 is 0. The second kappa shape index (κ2) is 3.90. The molecule has 1 heterocycles. The largest absolute Gasteiger partial charge is 0.398 e. The highest BCUT2D eigenvalue weighted by Crippen LogP contribution is 2.33. The van der Waals surface area contributed by atoms with E-state index in [4.69, 9.17) is 16.4 Å². The predicted octanol–water partition coefficient (Wildman–Crippen LogP) is 1.84. The van der Waals surface area contributed by atoms with E-state index in [-0.39, 0.29) is 11.3 Å². The van der Waals surface area contributed by atoms with Crippen LogP contribution in [0.4, 0.5) is 14.5 Å². The topological polar surface area (TPSA) is 73.0 Å². The van der Waals surface area contributed by atoms with Crippen molar-refractivity contribution in [3.8, 4) is 0 Å². The fourth-order valence-corrected chi connectivity index (χ4v) is 2.04. The molecule has 1 rings (SSSR count). The molecule has 0 aliphatic rings. The first-order chi connectivity index (χ1) is 6.75. The minimum atomic E-state index is -4.32. The van der Waals surface area contributed by atoms with Gasteiger partial charge < -0.3 is 5.73 Å². The molecule has 84 valence electrons. The predicted molar refractivity (Wildman–Crippen MR) is 51.4 cm³/mol. The van der Waals surface area contributed by atoms with E-state index >= 15 is 0 Å². The Hall–Kier alpha value is -0.950. The smallest absolute Gasteiger partial charge is 0.279 e. The minimum absolute atomic E-state index is 0.273. The van der Waals surface area contributed by atoms with Gasteiger partial charge in [-0.15, -0.1) is 0 Å². The van der Waals surface area contributed by atoms with Crippen molar-refractivity contribution in [1.82, 2.24) is 4.98 Å². The monoisotopic (exact) mass is 256 g/mol. The molecular formula is C7H7ClF2N2O2S. The number of nitrogens with two attached hydrogens (primary N) is 1. The van der Waals surface area contributed by atoms with Gasteiger partial charge in [-0.1, -0.05) is 0 Å². The third-order valence-electron chi connectivity index (χ3n) is 1.77. The van der Waals surface area contributed by atoms with Crippen LogP contribution in [0.1, 0.15) is 17.6 Å². The SMILES string of the molecule is Cc1cnc(S(=O)(=O)Cl)c(C(F)F)c1N. The van der Waals surface area contributed by atoms with Gasteiger partial charge in [0, 0.05) is 22.6 Å². The number of anilines is 1. The van der Waals surface area contributed by atoms with Crippen LogP contribution in [0.25, 0.3) is 0 Å². The van der Waals surface area contributed by atoms with Crippen molar-refractivity contribution in [2.45, 2.75) is 18.4 Å². The minimum Gasteiger partial charge on any atom is -0.398 e. The van der Waals surface area contributed by atoms with E-state index in [1.54, 1.807) is 0 Å². The van der Waals surface area contributed by atoms with Gasteiger partial charge in [0.25, 0.3) is 15.5 Å². The summed E-state index contributed by atoms with van der Waals surface area (Å²) in [5, 5.41) is -0.887. The molecule has 0 unspecified atom stereocenters. The van der Waals surface area contributed by atoms with E-state index in [0.717, 1.165) is 6.20 Å². The molecule has 0 aromatic carbocycles. The van der Waals surface area contributed by atoms with E-state index in [9.17, 15) is 17.2 Å². The Morgan fingerprint density at radius 1 is 1.53 bits per heavy atom. The lowest BCUT2D eigenvalue weighted by Crippen LogP contribution is -2.07. The van der Waals surface area contributed by atoms with Crippen molar-refractivity contribution < 1.29 is 17.2 Å². The van der Waals surface area contributed by atoms with Gasteiger partial charge in [0.15, 0.2) is 5.03 Å². The van der Waals surface area contributed by atoms with Crippen LogP contribution >= 0.6 is 10.7 Å². The first-order valence-electron chi connectivity index (χ1n) is 3.73. The first-order valence-corrected chi connectivity index (χ1v) is 6.04. The van der Waals surface area contributed by atoms with Crippen LogP contribution in [-0.4, -0.2) is 13.4 Å². The van der Waals surface area contributed by atoms with Crippen molar-refractivity contribution in [1.29, 1.82) is 0 Å². The van der Waals surface area contributed by atoms with Crippen LogP contribution < -0.4 is 5.73 Å². The quantitative estimate of drug-likeness (QED) is 0.820. The molecule has 15 heavy (non-hydrogen) atoms. The van der Waals surface area contributed by atoms with Gasteiger partial charge in [0.2, 0.25) is 0 Å². The van der Waals surface area contributed by atoms with Gasteiger partial charge in [-0.3, -0.25) is 0 Å². The fraction of sp³-hybridized carbons (Fsp3) is 0.286. The van der Waals surface area contributed by atoms with Crippen LogP contribution in [0.3, 0.4) is 0 Å². The number of nitrogen functional groups attached to an aromatic ring is 1. The number of nitrogens with zero attached hydrogens (tertiary/aromatic N) is 1. The molecule has 0 saturated carbocycles. The van der Waals surface area contributed by atoms with Crippen LogP contribution in [0.15, 0.2) is 11.2 Å². The third-order valence-corrected chi connectivity index (χ3v) is 3.00. The van der Waals surface area contributed by atoms with Gasteiger partial charge in [0.05, 0.1) is 5.56 Å². The Labute approximate surface area is 89.5 Å². The Morgan fingerprint density at radius 2 is 2.07 bits per heavy atom. The molecule has 8 heteroatoms. The van der Waals surface area contributed by atoms with Crippen LogP contribution in [0.5, 0.6) is 0 Å². The van der Waals surface area contributed by atoms with E-state index in [2.05, 4.69) is 4.98 Å². The van der Waals surface area contributed by atoms with Crippen molar-refractivity contribution in [2.24, 2.45) is 0 Å². The molecule has 1 aromatic heterocycles. The van der Waals surface area contributed by atoms with Gasteiger partial charge in [-0.05, 0) is 12.5 Å². The highest BCUT2D eigenvalue weighted by molar-refractivity contribution is 8.13. The summed E-state index contributed by atoms with van der Waals surface area (Å²) in [6, 6.07) is 0. The molecule has 0 atom stereocenters. The van der Waals surface area contributed by atoms with Gasteiger partial charge in [-0.25, -0.2) is 22.2 Å². The van der Waals surface area contributed by atoms with Crippen molar-refractivity contribution >= 4 is 25.4 Å². The van der Waals surface area contributed by atoms with Crippen molar-refractivity contribution in [2.75, 3.05) is 5.73 Å². The van der Waals surface area contributed by atoms with Crippen LogP contribution in [0, 0.1) is 6.92 Å².